The minimum atomic E-state index is -0.252. The van der Waals surface area contributed by atoms with Crippen LogP contribution in [-0.4, -0.2) is 16.1 Å². The molecule has 0 spiro atoms. The third kappa shape index (κ3) is 3.46. The van der Waals surface area contributed by atoms with Gasteiger partial charge < -0.3 is 9.73 Å². The van der Waals surface area contributed by atoms with Crippen LogP contribution < -0.4 is 5.32 Å². The van der Waals surface area contributed by atoms with Gasteiger partial charge in [-0.2, -0.15) is 0 Å². The summed E-state index contributed by atoms with van der Waals surface area (Å²) in [5.74, 6) is -0.0292. The van der Waals surface area contributed by atoms with Crippen LogP contribution in [-0.2, 0) is 4.79 Å². The summed E-state index contributed by atoms with van der Waals surface area (Å²) in [5.41, 5.74) is 4.66. The number of rotatable bonds is 5. The van der Waals surface area contributed by atoms with Crippen LogP contribution in [0, 0.1) is 13.8 Å². The Morgan fingerprint density at radius 1 is 1.21 bits per heavy atom. The smallest absolute Gasteiger partial charge is 0.257 e. The van der Waals surface area contributed by atoms with Crippen molar-refractivity contribution in [3.63, 3.8) is 0 Å². The van der Waals surface area contributed by atoms with Crippen molar-refractivity contribution in [1.82, 2.24) is 4.98 Å². The van der Waals surface area contributed by atoms with Gasteiger partial charge in [-0.3, -0.25) is 4.79 Å². The first-order valence-corrected chi connectivity index (χ1v) is 8.85. The quantitative estimate of drug-likeness (QED) is 0.667. The molecule has 124 valence electrons. The van der Waals surface area contributed by atoms with Gasteiger partial charge in [0.05, 0.1) is 5.25 Å². The Balaban J connectivity index is 1.75. The topological polar surface area (TPSA) is 55.1 Å². The third-order valence-electron chi connectivity index (χ3n) is 4.04. The van der Waals surface area contributed by atoms with Gasteiger partial charge in [-0.25, -0.2) is 4.98 Å². The first-order chi connectivity index (χ1) is 11.6. The van der Waals surface area contributed by atoms with Crippen LogP contribution in [0.15, 0.2) is 52.1 Å². The molecule has 0 aliphatic heterocycles. The van der Waals surface area contributed by atoms with Gasteiger partial charge in [0.15, 0.2) is 5.58 Å². The number of carbonyl (C=O) groups is 1. The van der Waals surface area contributed by atoms with E-state index in [1.807, 2.05) is 63.2 Å². The molecule has 24 heavy (non-hydrogen) atoms. The number of aromatic nitrogens is 1. The largest absolute Gasteiger partial charge is 0.431 e. The summed E-state index contributed by atoms with van der Waals surface area (Å²) in [6.45, 7) is 6.04. The van der Waals surface area contributed by atoms with Crippen molar-refractivity contribution in [3.8, 4) is 0 Å². The lowest BCUT2D eigenvalue weighted by atomic mass is 10.1. The molecule has 0 bridgehead atoms. The lowest BCUT2D eigenvalue weighted by Gasteiger charge is -2.15. The minimum absolute atomic E-state index is 0.0292. The molecule has 4 nitrogen and oxygen atoms in total. The first kappa shape index (κ1) is 16.6. The van der Waals surface area contributed by atoms with E-state index in [-0.39, 0.29) is 11.2 Å². The van der Waals surface area contributed by atoms with E-state index >= 15 is 0 Å². The fraction of sp³-hybridized carbons (Fsp3) is 0.263. The fourth-order valence-electron chi connectivity index (χ4n) is 2.45. The highest BCUT2D eigenvalue weighted by molar-refractivity contribution is 8.00. The lowest BCUT2D eigenvalue weighted by Crippen LogP contribution is -2.25. The minimum Gasteiger partial charge on any atom is -0.431 e. The predicted molar refractivity (Wildman–Crippen MR) is 98.5 cm³/mol. The number of benzene rings is 2. The van der Waals surface area contributed by atoms with Crippen molar-refractivity contribution >= 4 is 34.5 Å². The Morgan fingerprint density at radius 2 is 2.00 bits per heavy atom. The van der Waals surface area contributed by atoms with E-state index in [9.17, 15) is 4.79 Å². The maximum Gasteiger partial charge on any atom is 0.257 e. The Labute approximate surface area is 145 Å². The number of hydrogen-bond donors (Lipinski definition) is 1. The molecule has 3 aromatic rings. The van der Waals surface area contributed by atoms with Crippen LogP contribution in [0.4, 0.5) is 5.69 Å². The number of anilines is 1. The molecule has 0 saturated heterocycles. The Morgan fingerprint density at radius 3 is 2.75 bits per heavy atom. The standard InChI is InChI=1S/C19H20N2O2S/c1-4-17(18(22)20-14-10-7-8-12(2)13(14)3)24-19-21-15-9-5-6-11-16(15)23-19/h5-11,17H,4H2,1-3H3,(H,20,22). The van der Waals surface area contributed by atoms with Crippen molar-refractivity contribution in [3.05, 3.63) is 53.6 Å². The third-order valence-corrected chi connectivity index (χ3v) is 5.25. The molecule has 1 atom stereocenters. The van der Waals surface area contributed by atoms with Crippen molar-refractivity contribution in [2.75, 3.05) is 5.32 Å². The van der Waals surface area contributed by atoms with Crippen LogP contribution in [0.1, 0.15) is 24.5 Å². The molecule has 5 heteroatoms. The number of thioether (sulfide) groups is 1. The highest BCUT2D eigenvalue weighted by Crippen LogP contribution is 2.29. The molecule has 2 aromatic carbocycles. The summed E-state index contributed by atoms with van der Waals surface area (Å²) < 4.78 is 5.72. The average Bonchev–Trinajstić information content (AvgIpc) is 2.99. The van der Waals surface area contributed by atoms with Gasteiger partial charge in [0.2, 0.25) is 5.91 Å². The van der Waals surface area contributed by atoms with E-state index in [2.05, 4.69) is 10.3 Å². The molecule has 0 saturated carbocycles. The zero-order chi connectivity index (χ0) is 17.1. The SMILES string of the molecule is CCC(Sc1nc2ccccc2o1)C(=O)Nc1cccc(C)c1C. The Kier molecular flexibility index (Phi) is 4.90. The summed E-state index contributed by atoms with van der Waals surface area (Å²) in [6, 6.07) is 13.5. The number of nitrogens with one attached hydrogen (secondary N) is 1. The first-order valence-electron chi connectivity index (χ1n) is 7.97. The monoisotopic (exact) mass is 340 g/mol. The number of hydrogen-bond acceptors (Lipinski definition) is 4. The molecular formula is C19H20N2O2S. The second-order valence-corrected chi connectivity index (χ2v) is 6.85. The molecule has 1 aromatic heterocycles. The van der Waals surface area contributed by atoms with Crippen LogP contribution in [0.5, 0.6) is 0 Å². The molecule has 1 unspecified atom stereocenters. The lowest BCUT2D eigenvalue weighted by molar-refractivity contribution is -0.115. The number of aryl methyl sites for hydroxylation is 1. The molecule has 1 amide bonds. The molecule has 3 rings (SSSR count). The van der Waals surface area contributed by atoms with Crippen LogP contribution in [0.3, 0.4) is 0 Å². The van der Waals surface area contributed by atoms with E-state index in [1.54, 1.807) is 0 Å². The second-order valence-electron chi connectivity index (χ2n) is 5.70. The maximum atomic E-state index is 12.6. The second kappa shape index (κ2) is 7.09. The van der Waals surface area contributed by atoms with Crippen LogP contribution in [0.25, 0.3) is 11.1 Å². The molecule has 1 N–H and O–H groups in total. The van der Waals surface area contributed by atoms with Gasteiger partial charge in [-0.1, -0.05) is 43.0 Å². The molecule has 0 aliphatic rings. The number of para-hydroxylation sites is 2. The van der Waals surface area contributed by atoms with Crippen molar-refractivity contribution in [1.29, 1.82) is 0 Å². The predicted octanol–water partition coefficient (Wildman–Crippen LogP) is 4.95. The van der Waals surface area contributed by atoms with Crippen molar-refractivity contribution in [2.24, 2.45) is 0 Å². The molecule has 0 radical (unpaired) electrons. The van der Waals surface area contributed by atoms with Gasteiger partial charge in [0.1, 0.15) is 5.52 Å². The molecular weight excluding hydrogens is 320 g/mol. The van der Waals surface area contributed by atoms with Crippen LogP contribution >= 0.6 is 11.8 Å². The average molecular weight is 340 g/mol. The highest BCUT2D eigenvalue weighted by atomic mass is 32.2. The summed E-state index contributed by atoms with van der Waals surface area (Å²) in [7, 11) is 0. The van der Waals surface area contributed by atoms with Gasteiger partial charge in [0, 0.05) is 5.69 Å². The van der Waals surface area contributed by atoms with E-state index in [1.165, 1.54) is 11.8 Å². The summed E-state index contributed by atoms with van der Waals surface area (Å²) >= 11 is 1.36. The normalized spacial score (nSPS) is 12.3. The van der Waals surface area contributed by atoms with Gasteiger partial charge in [-0.15, -0.1) is 0 Å². The summed E-state index contributed by atoms with van der Waals surface area (Å²) in [6.07, 6.45) is 0.695. The fourth-order valence-corrected chi connectivity index (χ4v) is 3.31. The summed E-state index contributed by atoms with van der Waals surface area (Å²) in [4.78, 5) is 17.1. The molecule has 0 aliphatic carbocycles. The zero-order valence-electron chi connectivity index (χ0n) is 14.0. The number of fused-ring (bicyclic) bond motifs is 1. The summed E-state index contributed by atoms with van der Waals surface area (Å²) in [5, 5.41) is 3.30. The number of nitrogens with zero attached hydrogens (tertiary/aromatic N) is 1. The highest BCUT2D eigenvalue weighted by Gasteiger charge is 2.21. The van der Waals surface area contributed by atoms with E-state index in [0.29, 0.717) is 11.6 Å². The number of oxazole rings is 1. The van der Waals surface area contributed by atoms with Crippen molar-refractivity contribution in [2.45, 2.75) is 37.7 Å². The molecule has 0 fully saturated rings. The Hall–Kier alpha value is -2.27. The van der Waals surface area contributed by atoms with Crippen LogP contribution in [0.2, 0.25) is 0 Å². The van der Waals surface area contributed by atoms with Gasteiger partial charge in [0.25, 0.3) is 5.22 Å². The number of amides is 1. The molecule has 1 heterocycles. The van der Waals surface area contributed by atoms with Crippen molar-refractivity contribution < 1.29 is 9.21 Å². The van der Waals surface area contributed by atoms with Gasteiger partial charge in [-0.05, 0) is 49.6 Å². The van der Waals surface area contributed by atoms with E-state index in [0.717, 1.165) is 27.9 Å². The zero-order valence-corrected chi connectivity index (χ0v) is 14.8. The van der Waals surface area contributed by atoms with Gasteiger partial charge >= 0.3 is 0 Å². The van der Waals surface area contributed by atoms with E-state index < -0.39 is 0 Å². The maximum absolute atomic E-state index is 12.6. The van der Waals surface area contributed by atoms with E-state index in [4.69, 9.17) is 4.42 Å². The Bertz CT molecular complexity index is 840. The number of carbonyl (C=O) groups excluding carboxylic acids is 1.